The van der Waals surface area contributed by atoms with Gasteiger partial charge in [-0.3, -0.25) is 14.9 Å². The van der Waals surface area contributed by atoms with Crippen LogP contribution in [0.25, 0.3) is 0 Å². The Morgan fingerprint density at radius 2 is 1.72 bits per heavy atom. The van der Waals surface area contributed by atoms with Crippen LogP contribution in [0.4, 0.5) is 5.69 Å². The standard InChI is InChI=1S/C23H25N3O5S/c1-14(2)21-18(11-16-7-10-19(30-3)20(12-16)31-4)24-23(25-22(21)27)32-13-15-5-8-17(9-6-15)26(28)29/h5-10,12,14H,11,13H2,1-4H3,(H,24,25,27). The van der Waals surface area contributed by atoms with Crippen molar-refractivity contribution in [2.24, 2.45) is 0 Å². The molecule has 1 aromatic heterocycles. The zero-order valence-corrected chi connectivity index (χ0v) is 19.2. The minimum Gasteiger partial charge on any atom is -0.493 e. The summed E-state index contributed by atoms with van der Waals surface area (Å²) in [5.74, 6) is 1.79. The Labute approximate surface area is 190 Å². The number of methoxy groups -OCH3 is 2. The Bertz CT molecular complexity index is 1160. The largest absolute Gasteiger partial charge is 0.493 e. The van der Waals surface area contributed by atoms with Crippen molar-refractivity contribution in [3.05, 3.63) is 85.3 Å². The fourth-order valence-corrected chi connectivity index (χ4v) is 4.19. The molecule has 0 atom stereocenters. The summed E-state index contributed by atoms with van der Waals surface area (Å²) in [7, 11) is 3.17. The van der Waals surface area contributed by atoms with Gasteiger partial charge < -0.3 is 14.5 Å². The fourth-order valence-electron chi connectivity index (χ4n) is 3.35. The molecule has 0 saturated heterocycles. The second-order valence-corrected chi connectivity index (χ2v) is 8.43. The number of hydrogen-bond donors (Lipinski definition) is 1. The average molecular weight is 456 g/mol. The maximum Gasteiger partial charge on any atom is 0.269 e. The molecule has 9 heteroatoms. The molecule has 0 aliphatic rings. The van der Waals surface area contributed by atoms with Crippen LogP contribution in [-0.2, 0) is 12.2 Å². The van der Waals surface area contributed by atoms with Gasteiger partial charge in [0.2, 0.25) is 0 Å². The van der Waals surface area contributed by atoms with Crippen LogP contribution in [0.5, 0.6) is 11.5 Å². The Balaban J connectivity index is 1.87. The van der Waals surface area contributed by atoms with Crippen LogP contribution in [-0.4, -0.2) is 29.1 Å². The molecule has 0 amide bonds. The summed E-state index contributed by atoms with van der Waals surface area (Å²) in [5, 5.41) is 11.3. The van der Waals surface area contributed by atoms with Crippen LogP contribution in [0.2, 0.25) is 0 Å². The van der Waals surface area contributed by atoms with Crippen molar-refractivity contribution < 1.29 is 14.4 Å². The van der Waals surface area contributed by atoms with Gasteiger partial charge in [-0.2, -0.15) is 0 Å². The maximum absolute atomic E-state index is 12.8. The number of nitro groups is 1. The first-order chi connectivity index (χ1) is 15.3. The summed E-state index contributed by atoms with van der Waals surface area (Å²) in [6, 6.07) is 12.0. The van der Waals surface area contributed by atoms with E-state index in [2.05, 4.69) is 4.98 Å². The highest BCUT2D eigenvalue weighted by atomic mass is 32.2. The number of rotatable bonds is 9. The van der Waals surface area contributed by atoms with Crippen LogP contribution in [0.15, 0.2) is 52.4 Å². The molecular weight excluding hydrogens is 430 g/mol. The van der Waals surface area contributed by atoms with Crippen LogP contribution in [0, 0.1) is 10.1 Å². The van der Waals surface area contributed by atoms with E-state index in [0.29, 0.717) is 40.1 Å². The van der Waals surface area contributed by atoms with E-state index in [1.165, 1.54) is 23.9 Å². The molecule has 32 heavy (non-hydrogen) atoms. The molecule has 0 spiro atoms. The lowest BCUT2D eigenvalue weighted by atomic mass is 9.98. The molecule has 0 aliphatic carbocycles. The van der Waals surface area contributed by atoms with Crippen molar-refractivity contribution in [2.75, 3.05) is 14.2 Å². The molecule has 1 N–H and O–H groups in total. The third kappa shape index (κ3) is 5.47. The first-order valence-corrected chi connectivity index (χ1v) is 11.0. The molecule has 3 aromatic rings. The predicted octanol–water partition coefficient (Wildman–Crippen LogP) is 4.70. The first kappa shape index (κ1) is 23.3. The van der Waals surface area contributed by atoms with Crippen molar-refractivity contribution in [1.82, 2.24) is 9.97 Å². The smallest absolute Gasteiger partial charge is 0.269 e. The normalized spacial score (nSPS) is 10.9. The third-order valence-electron chi connectivity index (χ3n) is 4.93. The topological polar surface area (TPSA) is 107 Å². The highest BCUT2D eigenvalue weighted by Gasteiger charge is 2.17. The second kappa shape index (κ2) is 10.3. The number of ether oxygens (including phenoxy) is 2. The van der Waals surface area contributed by atoms with E-state index in [1.807, 2.05) is 32.0 Å². The molecule has 0 aliphatic heterocycles. The van der Waals surface area contributed by atoms with Crippen LogP contribution in [0.1, 0.15) is 42.1 Å². The molecule has 3 rings (SSSR count). The number of hydrogen-bond acceptors (Lipinski definition) is 7. The molecule has 168 valence electrons. The zero-order valence-electron chi connectivity index (χ0n) is 18.4. The molecule has 8 nitrogen and oxygen atoms in total. The summed E-state index contributed by atoms with van der Waals surface area (Å²) in [6.45, 7) is 3.93. The summed E-state index contributed by atoms with van der Waals surface area (Å²) in [4.78, 5) is 30.8. The number of benzene rings is 2. The molecule has 0 fully saturated rings. The zero-order chi connectivity index (χ0) is 23.3. The summed E-state index contributed by atoms with van der Waals surface area (Å²) in [6.07, 6.45) is 0.475. The van der Waals surface area contributed by atoms with Crippen LogP contribution >= 0.6 is 11.8 Å². The quantitative estimate of drug-likeness (QED) is 0.216. The summed E-state index contributed by atoms with van der Waals surface area (Å²) in [5.41, 5.74) is 3.11. The molecule has 0 bridgehead atoms. The summed E-state index contributed by atoms with van der Waals surface area (Å²) < 4.78 is 10.7. The minimum atomic E-state index is -0.430. The van der Waals surface area contributed by atoms with Crippen molar-refractivity contribution in [1.29, 1.82) is 0 Å². The van der Waals surface area contributed by atoms with Gasteiger partial charge >= 0.3 is 0 Å². The van der Waals surface area contributed by atoms with Crippen molar-refractivity contribution in [3.8, 4) is 11.5 Å². The Kier molecular flexibility index (Phi) is 7.53. The highest BCUT2D eigenvalue weighted by Crippen LogP contribution is 2.29. The average Bonchev–Trinajstić information content (AvgIpc) is 2.77. The number of non-ortho nitro benzene ring substituents is 1. The first-order valence-electron chi connectivity index (χ1n) is 10.0. The Hall–Kier alpha value is -3.33. The van der Waals surface area contributed by atoms with Crippen molar-refractivity contribution in [2.45, 2.75) is 37.1 Å². The van der Waals surface area contributed by atoms with E-state index in [-0.39, 0.29) is 17.2 Å². The molecular formula is C23H25N3O5S. The monoisotopic (exact) mass is 455 g/mol. The van der Waals surface area contributed by atoms with Gasteiger partial charge in [-0.1, -0.05) is 43.8 Å². The third-order valence-corrected chi connectivity index (χ3v) is 5.88. The van der Waals surface area contributed by atoms with Crippen molar-refractivity contribution in [3.63, 3.8) is 0 Å². The van der Waals surface area contributed by atoms with E-state index in [9.17, 15) is 14.9 Å². The lowest BCUT2D eigenvalue weighted by Crippen LogP contribution is -2.20. The van der Waals surface area contributed by atoms with Crippen LogP contribution in [0.3, 0.4) is 0 Å². The molecule has 2 aromatic carbocycles. The lowest BCUT2D eigenvalue weighted by molar-refractivity contribution is -0.384. The van der Waals surface area contributed by atoms with E-state index in [0.717, 1.165) is 11.1 Å². The van der Waals surface area contributed by atoms with E-state index >= 15 is 0 Å². The number of nitrogens with zero attached hydrogens (tertiary/aromatic N) is 2. The van der Waals surface area contributed by atoms with Crippen LogP contribution < -0.4 is 15.0 Å². The highest BCUT2D eigenvalue weighted by molar-refractivity contribution is 7.98. The predicted molar refractivity (Wildman–Crippen MR) is 124 cm³/mol. The Morgan fingerprint density at radius 3 is 2.31 bits per heavy atom. The summed E-state index contributed by atoms with van der Waals surface area (Å²) >= 11 is 1.38. The lowest BCUT2D eigenvalue weighted by Gasteiger charge is -2.14. The number of nitro benzene ring substituents is 1. The number of H-pyrrole nitrogens is 1. The number of thioether (sulfide) groups is 1. The van der Waals surface area contributed by atoms with Crippen molar-refractivity contribution >= 4 is 17.4 Å². The SMILES string of the molecule is COc1ccc(Cc2nc(SCc3ccc([N+](=O)[O-])cc3)[nH]c(=O)c2C(C)C)cc1OC. The van der Waals surface area contributed by atoms with E-state index in [4.69, 9.17) is 14.5 Å². The van der Waals surface area contributed by atoms with Gasteiger partial charge in [0, 0.05) is 29.9 Å². The molecule has 1 heterocycles. The van der Waals surface area contributed by atoms with Gasteiger partial charge in [-0.05, 0) is 29.2 Å². The Morgan fingerprint density at radius 1 is 1.06 bits per heavy atom. The van der Waals surface area contributed by atoms with E-state index in [1.54, 1.807) is 26.4 Å². The van der Waals surface area contributed by atoms with Gasteiger partial charge in [-0.25, -0.2) is 4.98 Å². The van der Waals surface area contributed by atoms with Gasteiger partial charge in [0.1, 0.15) is 0 Å². The van der Waals surface area contributed by atoms with Gasteiger partial charge in [0.05, 0.1) is 24.8 Å². The molecule has 0 unspecified atom stereocenters. The fraction of sp³-hybridized carbons (Fsp3) is 0.304. The number of nitrogens with one attached hydrogen (secondary N) is 1. The molecule has 0 radical (unpaired) electrons. The minimum absolute atomic E-state index is 0.00937. The van der Waals surface area contributed by atoms with Gasteiger partial charge in [0.25, 0.3) is 11.2 Å². The maximum atomic E-state index is 12.8. The molecule has 0 saturated carbocycles. The van der Waals surface area contributed by atoms with Gasteiger partial charge in [-0.15, -0.1) is 0 Å². The van der Waals surface area contributed by atoms with E-state index < -0.39 is 4.92 Å². The number of aromatic nitrogens is 2. The number of aromatic amines is 1. The second-order valence-electron chi connectivity index (χ2n) is 7.46. The van der Waals surface area contributed by atoms with Gasteiger partial charge in [0.15, 0.2) is 16.7 Å².